The van der Waals surface area contributed by atoms with Gasteiger partial charge in [-0.3, -0.25) is 4.79 Å². The van der Waals surface area contributed by atoms with Gasteiger partial charge in [-0.15, -0.1) is 0 Å². The van der Waals surface area contributed by atoms with Crippen molar-refractivity contribution in [2.75, 3.05) is 6.54 Å². The Morgan fingerprint density at radius 2 is 2.57 bits per heavy atom. The van der Waals surface area contributed by atoms with E-state index in [1.807, 2.05) is 0 Å². The van der Waals surface area contributed by atoms with Gasteiger partial charge in [0.2, 0.25) is 6.41 Å². The van der Waals surface area contributed by atoms with E-state index in [1.165, 1.54) is 0 Å². The molecular formula is C4H4ClNO. The molecule has 0 rings (SSSR count). The normalized spacial score (nSPS) is 5.86. The maximum absolute atomic E-state index is 9.46. The lowest BCUT2D eigenvalue weighted by Crippen LogP contribution is -2.09. The van der Waals surface area contributed by atoms with Crippen LogP contribution in [0.5, 0.6) is 0 Å². The van der Waals surface area contributed by atoms with E-state index < -0.39 is 0 Å². The van der Waals surface area contributed by atoms with Crippen molar-refractivity contribution < 1.29 is 4.79 Å². The van der Waals surface area contributed by atoms with E-state index in [1.54, 1.807) is 0 Å². The summed E-state index contributed by atoms with van der Waals surface area (Å²) in [7, 11) is 0. The van der Waals surface area contributed by atoms with Crippen molar-refractivity contribution in [1.29, 1.82) is 0 Å². The number of amides is 1. The van der Waals surface area contributed by atoms with Gasteiger partial charge in [0.05, 0.1) is 6.54 Å². The minimum absolute atomic E-state index is 0.326. The van der Waals surface area contributed by atoms with Crippen molar-refractivity contribution >= 4 is 18.0 Å². The molecule has 0 heterocycles. The van der Waals surface area contributed by atoms with Crippen molar-refractivity contribution in [3.05, 3.63) is 0 Å². The monoisotopic (exact) mass is 117 g/mol. The third-order valence-electron chi connectivity index (χ3n) is 0.341. The van der Waals surface area contributed by atoms with Gasteiger partial charge in [0.25, 0.3) is 0 Å². The molecule has 7 heavy (non-hydrogen) atoms. The summed E-state index contributed by atoms with van der Waals surface area (Å²) in [6.07, 6.45) is 0.571. The van der Waals surface area contributed by atoms with E-state index in [0.717, 1.165) is 0 Å². The van der Waals surface area contributed by atoms with E-state index in [4.69, 9.17) is 11.6 Å². The zero-order valence-corrected chi connectivity index (χ0v) is 4.33. The highest BCUT2D eigenvalue weighted by Crippen LogP contribution is 1.58. The largest absolute Gasteiger partial charge is 0.348 e. The summed E-state index contributed by atoms with van der Waals surface area (Å²) in [4.78, 5) is 9.46. The Morgan fingerprint density at radius 3 is 3.00 bits per heavy atom. The fourth-order valence-electron chi connectivity index (χ4n) is 0.126. The van der Waals surface area contributed by atoms with Crippen LogP contribution in [-0.2, 0) is 4.79 Å². The average Bonchev–Trinajstić information content (AvgIpc) is 1.69. The lowest BCUT2D eigenvalue weighted by Gasteiger charge is -1.79. The smallest absolute Gasteiger partial charge is 0.207 e. The molecule has 0 bridgehead atoms. The van der Waals surface area contributed by atoms with Crippen LogP contribution in [0.2, 0.25) is 0 Å². The molecule has 0 saturated heterocycles. The third-order valence-corrected chi connectivity index (χ3v) is 0.474. The second-order valence-electron chi connectivity index (χ2n) is 0.770. The van der Waals surface area contributed by atoms with Crippen LogP contribution in [-0.4, -0.2) is 13.0 Å². The molecule has 0 fully saturated rings. The zero-order valence-electron chi connectivity index (χ0n) is 3.57. The molecular weight excluding hydrogens is 114 g/mol. The summed E-state index contributed by atoms with van der Waals surface area (Å²) >= 11 is 4.92. The van der Waals surface area contributed by atoms with Gasteiger partial charge in [-0.25, -0.2) is 0 Å². The number of nitrogens with one attached hydrogen (secondary N) is 1. The van der Waals surface area contributed by atoms with Crippen molar-refractivity contribution in [3.63, 3.8) is 0 Å². The Kier molecular flexibility index (Phi) is 4.80. The highest BCUT2D eigenvalue weighted by molar-refractivity contribution is 6.30. The van der Waals surface area contributed by atoms with E-state index in [2.05, 4.69) is 16.6 Å². The summed E-state index contributed by atoms with van der Waals surface area (Å²) < 4.78 is 0. The Balaban J connectivity index is 2.92. The number of hydrogen-bond acceptors (Lipinski definition) is 1. The molecule has 0 aliphatic heterocycles. The second kappa shape index (κ2) is 5.32. The molecule has 0 atom stereocenters. The first-order chi connectivity index (χ1) is 3.41. The highest BCUT2D eigenvalue weighted by atomic mass is 35.5. The maximum Gasteiger partial charge on any atom is 0.207 e. The van der Waals surface area contributed by atoms with E-state index in [9.17, 15) is 4.79 Å². The molecule has 1 amide bonds. The predicted octanol–water partition coefficient (Wildman–Crippen LogP) is -0.0679. The van der Waals surface area contributed by atoms with Crippen LogP contribution in [0.1, 0.15) is 0 Å². The Bertz CT molecular complexity index is 102. The highest BCUT2D eigenvalue weighted by Gasteiger charge is 1.66. The zero-order chi connectivity index (χ0) is 5.54. The van der Waals surface area contributed by atoms with Gasteiger partial charge < -0.3 is 5.32 Å². The lowest BCUT2D eigenvalue weighted by atomic mass is 10.7. The van der Waals surface area contributed by atoms with E-state index >= 15 is 0 Å². The predicted molar refractivity (Wildman–Crippen MR) is 27.7 cm³/mol. The van der Waals surface area contributed by atoms with Crippen LogP contribution >= 0.6 is 11.6 Å². The SMILES string of the molecule is O=CNCC#CCl. The molecule has 0 aliphatic carbocycles. The first-order valence-corrected chi connectivity index (χ1v) is 2.05. The molecule has 0 aromatic carbocycles. The van der Waals surface area contributed by atoms with Crippen molar-refractivity contribution in [1.82, 2.24) is 5.32 Å². The Hall–Kier alpha value is -0.680. The molecule has 2 nitrogen and oxygen atoms in total. The molecule has 0 saturated carbocycles. The lowest BCUT2D eigenvalue weighted by molar-refractivity contribution is -0.109. The number of carbonyl (C=O) groups excluding carboxylic acids is 1. The fourth-order valence-corrected chi connectivity index (χ4v) is 0.193. The Morgan fingerprint density at radius 1 is 1.86 bits per heavy atom. The molecule has 0 unspecified atom stereocenters. The van der Waals surface area contributed by atoms with Crippen LogP contribution < -0.4 is 5.32 Å². The summed E-state index contributed by atoms with van der Waals surface area (Å²) in [5.41, 5.74) is 0. The summed E-state index contributed by atoms with van der Waals surface area (Å²) in [6.45, 7) is 0.326. The van der Waals surface area contributed by atoms with Crippen molar-refractivity contribution in [2.24, 2.45) is 0 Å². The maximum atomic E-state index is 9.46. The van der Waals surface area contributed by atoms with Crippen LogP contribution in [0.3, 0.4) is 0 Å². The van der Waals surface area contributed by atoms with E-state index in [0.29, 0.717) is 13.0 Å². The molecule has 38 valence electrons. The van der Waals surface area contributed by atoms with E-state index in [-0.39, 0.29) is 0 Å². The Labute approximate surface area is 46.8 Å². The first kappa shape index (κ1) is 6.32. The molecule has 0 radical (unpaired) electrons. The van der Waals surface area contributed by atoms with Crippen LogP contribution in [0.4, 0.5) is 0 Å². The molecule has 0 aromatic rings. The third kappa shape index (κ3) is 5.32. The number of rotatable bonds is 2. The first-order valence-electron chi connectivity index (χ1n) is 1.67. The van der Waals surface area contributed by atoms with Gasteiger partial charge in [0, 0.05) is 5.38 Å². The molecule has 3 heteroatoms. The minimum atomic E-state index is 0.326. The van der Waals surface area contributed by atoms with Gasteiger partial charge in [-0.1, -0.05) is 5.92 Å². The summed E-state index contributed by atoms with van der Waals surface area (Å²) in [5.74, 6) is 2.42. The molecule has 0 spiro atoms. The quantitative estimate of drug-likeness (QED) is 0.306. The topological polar surface area (TPSA) is 29.1 Å². The fraction of sp³-hybridized carbons (Fsp3) is 0.250. The molecule has 0 aromatic heterocycles. The van der Waals surface area contributed by atoms with Gasteiger partial charge >= 0.3 is 0 Å². The second-order valence-corrected chi connectivity index (χ2v) is 0.959. The average molecular weight is 118 g/mol. The number of hydrogen-bond donors (Lipinski definition) is 1. The van der Waals surface area contributed by atoms with Crippen LogP contribution in [0.15, 0.2) is 0 Å². The van der Waals surface area contributed by atoms with Crippen molar-refractivity contribution in [2.45, 2.75) is 0 Å². The number of carbonyl (C=O) groups is 1. The summed E-state index contributed by atoms with van der Waals surface area (Å²) in [6, 6.07) is 0. The molecule has 1 N–H and O–H groups in total. The van der Waals surface area contributed by atoms with Crippen LogP contribution in [0, 0.1) is 11.3 Å². The minimum Gasteiger partial charge on any atom is -0.348 e. The van der Waals surface area contributed by atoms with Gasteiger partial charge in [-0.2, -0.15) is 0 Å². The van der Waals surface area contributed by atoms with Gasteiger partial charge in [0.15, 0.2) is 0 Å². The van der Waals surface area contributed by atoms with Gasteiger partial charge in [-0.05, 0) is 11.6 Å². The number of halogens is 1. The van der Waals surface area contributed by atoms with Crippen molar-refractivity contribution in [3.8, 4) is 11.3 Å². The molecule has 0 aliphatic rings. The van der Waals surface area contributed by atoms with Crippen LogP contribution in [0.25, 0.3) is 0 Å². The summed E-state index contributed by atoms with van der Waals surface area (Å²) in [5, 5.41) is 4.41. The standard InChI is InChI=1S/C4H4ClNO/c5-2-1-3-6-4-7/h4H,3H2,(H,6,7). The van der Waals surface area contributed by atoms with Gasteiger partial charge in [0.1, 0.15) is 0 Å².